The molecular weight excluding hydrogens is 218 g/mol. The van der Waals surface area contributed by atoms with E-state index in [2.05, 4.69) is 4.98 Å². The van der Waals surface area contributed by atoms with Crippen LogP contribution in [0.2, 0.25) is 0 Å². The molecule has 1 fully saturated rings. The van der Waals surface area contributed by atoms with Crippen molar-refractivity contribution in [3.8, 4) is 0 Å². The third kappa shape index (κ3) is 2.24. The van der Waals surface area contributed by atoms with Gasteiger partial charge in [0.05, 0.1) is 0 Å². The standard InChI is InChI=1S/C12H17N3O2/c1-7-5-8(2)14-11(10(7)12(16)17)15-4-3-9(13)6-15/h5,9H,3-4,6,13H2,1-2H3,(H,16,17). The molecule has 2 heterocycles. The number of carboxylic acid groups (broad SMARTS) is 1. The van der Waals surface area contributed by atoms with Gasteiger partial charge in [0.2, 0.25) is 0 Å². The van der Waals surface area contributed by atoms with Crippen molar-refractivity contribution in [3.63, 3.8) is 0 Å². The SMILES string of the molecule is Cc1cc(C)c(C(=O)O)c(N2CCC(N)C2)n1. The highest BCUT2D eigenvalue weighted by molar-refractivity contribution is 5.95. The van der Waals surface area contributed by atoms with Crippen molar-refractivity contribution in [3.05, 3.63) is 22.9 Å². The molecule has 5 heteroatoms. The summed E-state index contributed by atoms with van der Waals surface area (Å²) in [5, 5.41) is 9.27. The Balaban J connectivity index is 2.47. The number of carbonyl (C=O) groups is 1. The highest BCUT2D eigenvalue weighted by atomic mass is 16.4. The molecule has 1 aliphatic rings. The molecule has 0 radical (unpaired) electrons. The summed E-state index contributed by atoms with van der Waals surface area (Å²) >= 11 is 0. The highest BCUT2D eigenvalue weighted by Crippen LogP contribution is 2.25. The lowest BCUT2D eigenvalue weighted by molar-refractivity contribution is 0.0696. The van der Waals surface area contributed by atoms with Crippen LogP contribution in [0, 0.1) is 13.8 Å². The predicted octanol–water partition coefficient (Wildman–Crippen LogP) is 0.934. The molecule has 92 valence electrons. The van der Waals surface area contributed by atoms with Gasteiger partial charge in [0.15, 0.2) is 0 Å². The van der Waals surface area contributed by atoms with Gasteiger partial charge in [-0.2, -0.15) is 0 Å². The maximum Gasteiger partial charge on any atom is 0.339 e. The molecule has 0 aliphatic carbocycles. The minimum Gasteiger partial charge on any atom is -0.478 e. The molecule has 0 spiro atoms. The van der Waals surface area contributed by atoms with E-state index in [1.165, 1.54) is 0 Å². The van der Waals surface area contributed by atoms with E-state index >= 15 is 0 Å². The maximum absolute atomic E-state index is 11.3. The van der Waals surface area contributed by atoms with Crippen molar-refractivity contribution >= 4 is 11.8 Å². The third-order valence-electron chi connectivity index (χ3n) is 3.06. The van der Waals surface area contributed by atoms with Gasteiger partial charge in [-0.3, -0.25) is 0 Å². The molecule has 0 bridgehead atoms. The van der Waals surface area contributed by atoms with Crippen molar-refractivity contribution in [2.45, 2.75) is 26.3 Å². The lowest BCUT2D eigenvalue weighted by Crippen LogP contribution is -2.28. The summed E-state index contributed by atoms with van der Waals surface area (Å²) in [6.07, 6.45) is 0.883. The van der Waals surface area contributed by atoms with Crippen LogP contribution < -0.4 is 10.6 Å². The zero-order valence-electron chi connectivity index (χ0n) is 10.1. The number of nitrogens with two attached hydrogens (primary N) is 1. The average molecular weight is 235 g/mol. The zero-order chi connectivity index (χ0) is 12.6. The smallest absolute Gasteiger partial charge is 0.339 e. The minimum absolute atomic E-state index is 0.110. The number of aromatic carboxylic acids is 1. The maximum atomic E-state index is 11.3. The lowest BCUT2D eigenvalue weighted by atomic mass is 10.1. The van der Waals surface area contributed by atoms with Crippen LogP contribution >= 0.6 is 0 Å². The van der Waals surface area contributed by atoms with Gasteiger partial charge in [-0.15, -0.1) is 0 Å². The highest BCUT2D eigenvalue weighted by Gasteiger charge is 2.26. The number of aromatic nitrogens is 1. The number of pyridine rings is 1. The molecule has 1 aliphatic heterocycles. The minimum atomic E-state index is -0.925. The fourth-order valence-corrected chi connectivity index (χ4v) is 2.29. The molecular formula is C12H17N3O2. The summed E-state index contributed by atoms with van der Waals surface area (Å²) in [6, 6.07) is 1.91. The van der Waals surface area contributed by atoms with Crippen LogP contribution in [-0.2, 0) is 0 Å². The first kappa shape index (κ1) is 11.9. The van der Waals surface area contributed by atoms with Crippen LogP contribution in [0.3, 0.4) is 0 Å². The van der Waals surface area contributed by atoms with E-state index in [1.807, 2.05) is 11.8 Å². The molecule has 1 aromatic rings. The number of anilines is 1. The molecule has 0 saturated carbocycles. The van der Waals surface area contributed by atoms with Gasteiger partial charge in [0.25, 0.3) is 0 Å². The summed E-state index contributed by atoms with van der Waals surface area (Å²) < 4.78 is 0. The number of nitrogens with zero attached hydrogens (tertiary/aromatic N) is 2. The Labute approximate surface area is 100 Å². The average Bonchev–Trinajstić information content (AvgIpc) is 2.62. The first-order valence-electron chi connectivity index (χ1n) is 5.71. The van der Waals surface area contributed by atoms with Gasteiger partial charge >= 0.3 is 5.97 Å². The fraction of sp³-hybridized carbons (Fsp3) is 0.500. The summed E-state index contributed by atoms with van der Waals surface area (Å²) in [4.78, 5) is 17.6. The molecule has 5 nitrogen and oxygen atoms in total. The van der Waals surface area contributed by atoms with Crippen molar-refractivity contribution in [2.24, 2.45) is 5.73 Å². The van der Waals surface area contributed by atoms with Gasteiger partial charge in [0, 0.05) is 24.8 Å². The number of rotatable bonds is 2. The van der Waals surface area contributed by atoms with E-state index in [0.717, 1.165) is 24.2 Å². The van der Waals surface area contributed by atoms with Crippen molar-refractivity contribution in [1.82, 2.24) is 4.98 Å². The first-order chi connectivity index (χ1) is 7.99. The van der Waals surface area contributed by atoms with Crippen LogP contribution in [-0.4, -0.2) is 35.2 Å². The molecule has 3 N–H and O–H groups in total. The van der Waals surface area contributed by atoms with E-state index in [-0.39, 0.29) is 6.04 Å². The van der Waals surface area contributed by atoms with Crippen LogP contribution in [0.1, 0.15) is 28.0 Å². The number of aryl methyl sites for hydroxylation is 2. The van der Waals surface area contributed by atoms with Crippen LogP contribution in [0.5, 0.6) is 0 Å². The quantitative estimate of drug-likeness (QED) is 0.797. The topological polar surface area (TPSA) is 79.5 Å². The Kier molecular flexibility index (Phi) is 3.02. The predicted molar refractivity (Wildman–Crippen MR) is 65.5 cm³/mol. The second-order valence-corrected chi connectivity index (χ2v) is 4.58. The Morgan fingerprint density at radius 2 is 2.29 bits per heavy atom. The number of hydrogen-bond donors (Lipinski definition) is 2. The van der Waals surface area contributed by atoms with E-state index in [1.54, 1.807) is 13.0 Å². The third-order valence-corrected chi connectivity index (χ3v) is 3.06. The molecule has 17 heavy (non-hydrogen) atoms. The van der Waals surface area contributed by atoms with Gasteiger partial charge in [0.1, 0.15) is 11.4 Å². The van der Waals surface area contributed by atoms with E-state index < -0.39 is 5.97 Å². The van der Waals surface area contributed by atoms with Crippen molar-refractivity contribution in [1.29, 1.82) is 0 Å². The Bertz CT molecular complexity index is 459. The van der Waals surface area contributed by atoms with Gasteiger partial charge in [-0.1, -0.05) is 0 Å². The van der Waals surface area contributed by atoms with Crippen LogP contribution in [0.4, 0.5) is 5.82 Å². The Morgan fingerprint density at radius 1 is 1.59 bits per heavy atom. The van der Waals surface area contributed by atoms with Crippen LogP contribution in [0.25, 0.3) is 0 Å². The largest absolute Gasteiger partial charge is 0.478 e. The zero-order valence-corrected chi connectivity index (χ0v) is 10.1. The van der Waals surface area contributed by atoms with Gasteiger partial charge < -0.3 is 15.7 Å². The Hall–Kier alpha value is -1.62. The van der Waals surface area contributed by atoms with Crippen molar-refractivity contribution in [2.75, 3.05) is 18.0 Å². The lowest BCUT2D eigenvalue weighted by Gasteiger charge is -2.20. The van der Waals surface area contributed by atoms with E-state index in [9.17, 15) is 9.90 Å². The molecule has 2 rings (SSSR count). The molecule has 1 unspecified atom stereocenters. The monoisotopic (exact) mass is 235 g/mol. The number of hydrogen-bond acceptors (Lipinski definition) is 4. The summed E-state index contributed by atoms with van der Waals surface area (Å²) in [5.41, 5.74) is 7.73. The molecule has 1 aromatic heterocycles. The second kappa shape index (κ2) is 4.33. The summed E-state index contributed by atoms with van der Waals surface area (Å²) in [6.45, 7) is 5.13. The molecule has 0 aromatic carbocycles. The van der Waals surface area contributed by atoms with E-state index in [4.69, 9.17) is 5.73 Å². The molecule has 0 amide bonds. The summed E-state index contributed by atoms with van der Waals surface area (Å²) in [7, 11) is 0. The van der Waals surface area contributed by atoms with Crippen molar-refractivity contribution < 1.29 is 9.90 Å². The van der Waals surface area contributed by atoms with Gasteiger partial charge in [-0.25, -0.2) is 9.78 Å². The number of carboxylic acids is 1. The fourth-order valence-electron chi connectivity index (χ4n) is 2.29. The molecule has 1 atom stereocenters. The molecule has 1 saturated heterocycles. The van der Waals surface area contributed by atoms with Crippen LogP contribution in [0.15, 0.2) is 6.07 Å². The normalized spacial score (nSPS) is 19.7. The second-order valence-electron chi connectivity index (χ2n) is 4.58. The first-order valence-corrected chi connectivity index (χ1v) is 5.71. The van der Waals surface area contributed by atoms with Gasteiger partial charge in [-0.05, 0) is 31.9 Å². The summed E-state index contributed by atoms with van der Waals surface area (Å²) in [5.74, 6) is -0.367. The van der Waals surface area contributed by atoms with E-state index in [0.29, 0.717) is 17.9 Å². The Morgan fingerprint density at radius 3 is 2.82 bits per heavy atom.